The Balaban J connectivity index is 3.10. The molecule has 1 nitrogen and oxygen atoms in total. The minimum atomic E-state index is -0.483. The zero-order valence-electron chi connectivity index (χ0n) is 8.80. The Kier molecular flexibility index (Phi) is 3.97. The first kappa shape index (κ1) is 11.9. The molecule has 0 aromatic heterocycles. The molecule has 0 saturated heterocycles. The number of rotatable bonds is 3. The summed E-state index contributed by atoms with van der Waals surface area (Å²) in [6, 6.07) is 3.27. The molecule has 82 valence electrons. The molecule has 0 saturated carbocycles. The van der Waals surface area contributed by atoms with Crippen LogP contribution in [0.25, 0.3) is 6.08 Å². The van der Waals surface area contributed by atoms with Crippen LogP contribution in [0.15, 0.2) is 23.8 Å². The predicted octanol–water partition coefficient (Wildman–Crippen LogP) is 3.00. The Labute approximate surface area is 88.1 Å². The van der Waals surface area contributed by atoms with Crippen molar-refractivity contribution in [1.82, 2.24) is 0 Å². The van der Waals surface area contributed by atoms with Gasteiger partial charge >= 0.3 is 0 Å². The minimum Gasteiger partial charge on any atom is -0.392 e. The number of aliphatic hydroxyl groups is 1. The number of hydrogen-bond acceptors (Lipinski definition) is 1. The number of aliphatic hydroxyl groups excluding tert-OH is 1. The summed E-state index contributed by atoms with van der Waals surface area (Å²) in [4.78, 5) is 0. The van der Waals surface area contributed by atoms with Crippen LogP contribution in [-0.4, -0.2) is 11.7 Å². The van der Waals surface area contributed by atoms with Gasteiger partial charge in [0.1, 0.15) is 11.6 Å². The van der Waals surface area contributed by atoms with Crippen LogP contribution in [0.5, 0.6) is 0 Å². The van der Waals surface area contributed by atoms with Gasteiger partial charge in [0.2, 0.25) is 0 Å². The van der Waals surface area contributed by atoms with E-state index in [9.17, 15) is 8.78 Å². The van der Waals surface area contributed by atoms with Gasteiger partial charge in [-0.1, -0.05) is 19.9 Å². The average Bonchev–Trinajstić information content (AvgIpc) is 2.18. The van der Waals surface area contributed by atoms with E-state index in [2.05, 4.69) is 0 Å². The van der Waals surface area contributed by atoms with Crippen LogP contribution in [0.2, 0.25) is 0 Å². The second-order valence-electron chi connectivity index (χ2n) is 3.70. The summed E-state index contributed by atoms with van der Waals surface area (Å²) >= 11 is 0. The van der Waals surface area contributed by atoms with Crippen LogP contribution in [0, 0.1) is 17.6 Å². The largest absolute Gasteiger partial charge is 0.392 e. The van der Waals surface area contributed by atoms with Crippen molar-refractivity contribution in [3.8, 4) is 0 Å². The predicted molar refractivity (Wildman–Crippen MR) is 56.3 cm³/mol. The second-order valence-corrected chi connectivity index (χ2v) is 3.70. The lowest BCUT2D eigenvalue weighted by molar-refractivity contribution is 0.320. The highest BCUT2D eigenvalue weighted by Gasteiger charge is 2.05. The lowest BCUT2D eigenvalue weighted by Gasteiger charge is -2.08. The third-order valence-corrected chi connectivity index (χ3v) is 2.22. The third-order valence-electron chi connectivity index (χ3n) is 2.22. The van der Waals surface area contributed by atoms with Gasteiger partial charge in [0, 0.05) is 5.56 Å². The first-order valence-electron chi connectivity index (χ1n) is 4.81. The summed E-state index contributed by atoms with van der Waals surface area (Å²) in [6.07, 6.45) is 1.49. The Morgan fingerprint density at radius 3 is 2.60 bits per heavy atom. The fourth-order valence-corrected chi connectivity index (χ4v) is 1.22. The molecule has 0 bridgehead atoms. The fraction of sp³-hybridized carbons (Fsp3) is 0.333. The van der Waals surface area contributed by atoms with Crippen molar-refractivity contribution in [2.75, 3.05) is 6.61 Å². The number of benzene rings is 1. The quantitative estimate of drug-likeness (QED) is 0.816. The molecule has 0 atom stereocenters. The highest BCUT2D eigenvalue weighted by atomic mass is 19.1. The molecule has 0 fully saturated rings. The van der Waals surface area contributed by atoms with Gasteiger partial charge in [-0.3, -0.25) is 0 Å². The van der Waals surface area contributed by atoms with Crippen LogP contribution in [0.4, 0.5) is 8.78 Å². The molecule has 3 heteroatoms. The molecular formula is C12H14F2O. The Bertz CT molecular complexity index is 370. The van der Waals surface area contributed by atoms with Gasteiger partial charge in [-0.05, 0) is 29.7 Å². The molecule has 0 aliphatic heterocycles. The van der Waals surface area contributed by atoms with Crippen LogP contribution >= 0.6 is 0 Å². The normalized spacial score (nSPS) is 12.3. The summed E-state index contributed by atoms with van der Waals surface area (Å²) in [5, 5.41) is 9.03. The van der Waals surface area contributed by atoms with Crippen molar-refractivity contribution in [3.63, 3.8) is 0 Å². The van der Waals surface area contributed by atoms with Gasteiger partial charge in [0.05, 0.1) is 6.61 Å². The first-order valence-corrected chi connectivity index (χ1v) is 4.81. The van der Waals surface area contributed by atoms with Crippen molar-refractivity contribution in [2.45, 2.75) is 13.8 Å². The fourth-order valence-electron chi connectivity index (χ4n) is 1.22. The maximum atomic E-state index is 13.2. The average molecular weight is 212 g/mol. The maximum absolute atomic E-state index is 13.2. The van der Waals surface area contributed by atoms with Crippen molar-refractivity contribution in [3.05, 3.63) is 41.0 Å². The van der Waals surface area contributed by atoms with E-state index in [0.717, 1.165) is 18.2 Å². The van der Waals surface area contributed by atoms with Gasteiger partial charge in [0.25, 0.3) is 0 Å². The molecule has 1 rings (SSSR count). The molecule has 1 aromatic rings. The van der Waals surface area contributed by atoms with Crippen LogP contribution in [0.3, 0.4) is 0 Å². The summed E-state index contributed by atoms with van der Waals surface area (Å²) in [5.74, 6) is -0.857. The zero-order chi connectivity index (χ0) is 11.4. The lowest BCUT2D eigenvalue weighted by Crippen LogP contribution is -1.99. The van der Waals surface area contributed by atoms with Gasteiger partial charge in [0.15, 0.2) is 0 Å². The van der Waals surface area contributed by atoms with Crippen molar-refractivity contribution >= 4 is 6.08 Å². The van der Waals surface area contributed by atoms with Crippen LogP contribution in [0.1, 0.15) is 19.4 Å². The molecule has 0 spiro atoms. The third kappa shape index (κ3) is 3.13. The Hall–Kier alpha value is -1.22. The van der Waals surface area contributed by atoms with E-state index in [1.165, 1.54) is 6.08 Å². The van der Waals surface area contributed by atoms with E-state index in [4.69, 9.17) is 5.11 Å². The van der Waals surface area contributed by atoms with E-state index in [0.29, 0.717) is 5.57 Å². The Morgan fingerprint density at radius 1 is 1.40 bits per heavy atom. The van der Waals surface area contributed by atoms with E-state index in [1.807, 2.05) is 13.8 Å². The van der Waals surface area contributed by atoms with Gasteiger partial charge in [-0.25, -0.2) is 8.78 Å². The van der Waals surface area contributed by atoms with Crippen molar-refractivity contribution in [2.24, 2.45) is 5.92 Å². The molecule has 15 heavy (non-hydrogen) atoms. The summed E-state index contributed by atoms with van der Waals surface area (Å²) in [5.41, 5.74) is 0.854. The minimum absolute atomic E-state index is 0.109. The molecule has 1 N–H and O–H groups in total. The molecule has 0 unspecified atom stereocenters. The summed E-state index contributed by atoms with van der Waals surface area (Å²) < 4.78 is 26.1. The van der Waals surface area contributed by atoms with Crippen molar-refractivity contribution in [1.29, 1.82) is 0 Å². The highest BCUT2D eigenvalue weighted by molar-refractivity contribution is 5.54. The lowest BCUT2D eigenvalue weighted by atomic mass is 10.0. The van der Waals surface area contributed by atoms with Gasteiger partial charge < -0.3 is 5.11 Å². The van der Waals surface area contributed by atoms with Crippen LogP contribution < -0.4 is 0 Å². The summed E-state index contributed by atoms with van der Waals surface area (Å²) in [6.45, 7) is 3.63. The highest BCUT2D eigenvalue weighted by Crippen LogP contribution is 2.17. The summed E-state index contributed by atoms with van der Waals surface area (Å²) in [7, 11) is 0. The molecule has 0 aliphatic carbocycles. The first-order chi connectivity index (χ1) is 7.04. The topological polar surface area (TPSA) is 20.2 Å². The SMILES string of the molecule is CC(C)C(=Cc1cc(F)ccc1F)CO. The van der Waals surface area contributed by atoms with E-state index in [1.54, 1.807) is 0 Å². The van der Waals surface area contributed by atoms with E-state index < -0.39 is 11.6 Å². The van der Waals surface area contributed by atoms with Crippen LogP contribution in [-0.2, 0) is 0 Å². The molecule has 1 aromatic carbocycles. The maximum Gasteiger partial charge on any atom is 0.130 e. The molecule has 0 amide bonds. The second kappa shape index (κ2) is 5.03. The monoisotopic (exact) mass is 212 g/mol. The Morgan fingerprint density at radius 2 is 2.07 bits per heavy atom. The van der Waals surface area contributed by atoms with Crippen molar-refractivity contribution < 1.29 is 13.9 Å². The zero-order valence-corrected chi connectivity index (χ0v) is 8.80. The number of halogens is 2. The van der Waals surface area contributed by atoms with E-state index in [-0.39, 0.29) is 18.1 Å². The van der Waals surface area contributed by atoms with E-state index >= 15 is 0 Å². The molecule has 0 heterocycles. The molecule has 0 radical (unpaired) electrons. The smallest absolute Gasteiger partial charge is 0.130 e. The number of hydrogen-bond donors (Lipinski definition) is 1. The van der Waals surface area contributed by atoms with Gasteiger partial charge in [-0.15, -0.1) is 0 Å². The molecule has 0 aliphatic rings. The molecular weight excluding hydrogens is 198 g/mol. The van der Waals surface area contributed by atoms with Gasteiger partial charge in [-0.2, -0.15) is 0 Å². The standard InChI is InChI=1S/C12H14F2O/c1-8(2)10(7-15)5-9-6-11(13)3-4-12(9)14/h3-6,8,15H,7H2,1-2H3.